The van der Waals surface area contributed by atoms with E-state index in [0.29, 0.717) is 12.6 Å². The van der Waals surface area contributed by atoms with Gasteiger partial charge in [-0.15, -0.1) is 0 Å². The van der Waals surface area contributed by atoms with E-state index in [2.05, 4.69) is 59.9 Å². The van der Waals surface area contributed by atoms with Crippen LogP contribution in [-0.4, -0.2) is 85.5 Å². The number of hydrogen-bond acceptors (Lipinski definition) is 7. The first kappa shape index (κ1) is 32.7. The molecule has 1 aromatic carbocycles. The smallest absolute Gasteiger partial charge is 0.190 e. The fourth-order valence-electron chi connectivity index (χ4n) is 4.59. The number of nitrogens with one attached hydrogen (secondary N) is 2. The standard InChI is InChI=1S/C20H39N5O.C8H9N.C2H6/c1-5-8-25(9-6-2)18-14-19(21)22-20(15-18)26-13-12-23-10-11-24(7-3)17(4)16-23;1-7-3-2-4-8(5-7)6-9;1-2/h14-15,17,19,22H,5-13,16,21H2,1-4H3;2-6,9H,1H3;1-2H3/t17-,19?;;/m0../s1. The number of piperazine rings is 1. The number of ether oxygens (including phenoxy) is 1. The van der Waals surface area contributed by atoms with Crippen molar-refractivity contribution in [2.75, 3.05) is 52.4 Å². The molecule has 0 spiro atoms. The highest BCUT2D eigenvalue weighted by molar-refractivity contribution is 5.76. The Balaban J connectivity index is 0.000000519. The Morgan fingerprint density at radius 3 is 2.41 bits per heavy atom. The van der Waals surface area contributed by atoms with Gasteiger partial charge in [0.05, 0.1) is 6.17 Å². The number of rotatable bonds is 11. The summed E-state index contributed by atoms with van der Waals surface area (Å²) in [4.78, 5) is 7.43. The summed E-state index contributed by atoms with van der Waals surface area (Å²) >= 11 is 0. The molecule has 1 unspecified atom stereocenters. The van der Waals surface area contributed by atoms with Gasteiger partial charge in [0.15, 0.2) is 5.88 Å². The van der Waals surface area contributed by atoms with Gasteiger partial charge < -0.3 is 26.1 Å². The van der Waals surface area contributed by atoms with Crippen LogP contribution >= 0.6 is 0 Å². The maximum Gasteiger partial charge on any atom is 0.190 e. The van der Waals surface area contributed by atoms with Crippen molar-refractivity contribution in [2.45, 2.75) is 73.5 Å². The lowest BCUT2D eigenvalue weighted by atomic mass is 10.2. The van der Waals surface area contributed by atoms with E-state index in [1.165, 1.54) is 17.5 Å². The van der Waals surface area contributed by atoms with Gasteiger partial charge in [-0.05, 0) is 44.9 Å². The van der Waals surface area contributed by atoms with Gasteiger partial charge in [0.2, 0.25) is 0 Å². The number of nitrogens with zero attached hydrogens (tertiary/aromatic N) is 3. The van der Waals surface area contributed by atoms with Crippen LogP contribution < -0.4 is 11.1 Å². The van der Waals surface area contributed by atoms with Gasteiger partial charge >= 0.3 is 0 Å². The third-order valence-electron chi connectivity index (χ3n) is 6.42. The molecular formula is C30H54N6O. The molecule has 0 aromatic heterocycles. The summed E-state index contributed by atoms with van der Waals surface area (Å²) in [5.41, 5.74) is 9.51. The molecule has 4 N–H and O–H groups in total. The summed E-state index contributed by atoms with van der Waals surface area (Å²) in [6.45, 7) is 23.3. The summed E-state index contributed by atoms with van der Waals surface area (Å²) in [6.07, 6.45) is 7.62. The fourth-order valence-corrected chi connectivity index (χ4v) is 4.59. The van der Waals surface area contributed by atoms with Crippen molar-refractivity contribution < 1.29 is 4.74 Å². The molecule has 2 aliphatic heterocycles. The largest absolute Gasteiger partial charge is 0.478 e. The molecule has 3 rings (SSSR count). The summed E-state index contributed by atoms with van der Waals surface area (Å²) in [5, 5.41) is 10.2. The van der Waals surface area contributed by atoms with Crippen LogP contribution in [0.15, 0.2) is 48.0 Å². The zero-order valence-corrected chi connectivity index (χ0v) is 24.6. The second-order valence-corrected chi connectivity index (χ2v) is 9.44. The molecule has 2 atom stereocenters. The van der Waals surface area contributed by atoms with Gasteiger partial charge in [0, 0.05) is 63.3 Å². The Hall–Kier alpha value is -2.35. The Morgan fingerprint density at radius 2 is 1.86 bits per heavy atom. The Labute approximate surface area is 227 Å². The van der Waals surface area contributed by atoms with Gasteiger partial charge in [0.1, 0.15) is 6.61 Å². The van der Waals surface area contributed by atoms with Gasteiger partial charge in [0.25, 0.3) is 0 Å². The first-order valence-electron chi connectivity index (χ1n) is 14.3. The summed E-state index contributed by atoms with van der Waals surface area (Å²) in [6, 6.07) is 8.50. The molecule has 0 amide bonds. The van der Waals surface area contributed by atoms with Crippen molar-refractivity contribution >= 4 is 6.21 Å². The van der Waals surface area contributed by atoms with Crippen LogP contribution in [0.1, 0.15) is 65.5 Å². The van der Waals surface area contributed by atoms with Crippen molar-refractivity contribution in [3.8, 4) is 0 Å². The third-order valence-corrected chi connectivity index (χ3v) is 6.42. The predicted molar refractivity (Wildman–Crippen MR) is 159 cm³/mol. The fraction of sp³-hybridized carbons (Fsp3) is 0.633. The number of allylic oxidation sites excluding steroid dienone is 1. The molecule has 210 valence electrons. The normalized spacial score (nSPS) is 19.7. The number of aryl methyl sites for hydroxylation is 1. The van der Waals surface area contributed by atoms with Crippen LogP contribution in [-0.2, 0) is 4.74 Å². The second kappa shape index (κ2) is 18.8. The zero-order chi connectivity index (χ0) is 27.6. The predicted octanol–water partition coefficient (Wildman–Crippen LogP) is 4.78. The molecule has 1 fully saturated rings. The molecule has 7 heteroatoms. The van der Waals surface area contributed by atoms with E-state index in [4.69, 9.17) is 15.9 Å². The van der Waals surface area contributed by atoms with Crippen LogP contribution in [0.4, 0.5) is 0 Å². The van der Waals surface area contributed by atoms with Gasteiger partial charge in [-0.3, -0.25) is 9.80 Å². The summed E-state index contributed by atoms with van der Waals surface area (Å²) in [7, 11) is 0. The number of nitrogens with two attached hydrogens (primary N) is 1. The van der Waals surface area contributed by atoms with E-state index >= 15 is 0 Å². The van der Waals surface area contributed by atoms with E-state index in [1.54, 1.807) is 0 Å². The molecule has 1 aromatic rings. The lowest BCUT2D eigenvalue weighted by molar-refractivity contribution is 0.0656. The SMILES string of the molecule is CC.CCCN(CCC)C1=CC(N)NC(OCCN2CCN(CC)[C@@H](C)C2)=C1.Cc1cccc(C=N)c1. The van der Waals surface area contributed by atoms with E-state index < -0.39 is 0 Å². The summed E-state index contributed by atoms with van der Waals surface area (Å²) in [5.74, 6) is 0.799. The Kier molecular flexibility index (Phi) is 16.6. The van der Waals surface area contributed by atoms with Crippen LogP contribution in [0.5, 0.6) is 0 Å². The Morgan fingerprint density at radius 1 is 1.16 bits per heavy atom. The van der Waals surface area contributed by atoms with Gasteiger partial charge in [-0.1, -0.05) is 64.4 Å². The highest BCUT2D eigenvalue weighted by Gasteiger charge is 2.22. The lowest BCUT2D eigenvalue weighted by Crippen LogP contribution is -2.52. The molecule has 37 heavy (non-hydrogen) atoms. The molecule has 0 radical (unpaired) electrons. The maximum absolute atomic E-state index is 6.92. The van der Waals surface area contributed by atoms with Crippen LogP contribution in [0, 0.1) is 12.3 Å². The molecule has 0 bridgehead atoms. The van der Waals surface area contributed by atoms with E-state index in [0.717, 1.165) is 70.1 Å². The topological polar surface area (TPSA) is 80.8 Å². The second-order valence-electron chi connectivity index (χ2n) is 9.44. The minimum absolute atomic E-state index is 0.186. The van der Waals surface area contributed by atoms with Crippen LogP contribution in [0.25, 0.3) is 0 Å². The van der Waals surface area contributed by atoms with E-state index in [1.807, 2.05) is 45.0 Å². The highest BCUT2D eigenvalue weighted by Crippen LogP contribution is 2.16. The maximum atomic E-state index is 6.92. The average Bonchev–Trinajstić information content (AvgIpc) is 2.90. The van der Waals surface area contributed by atoms with Gasteiger partial charge in [-0.25, -0.2) is 0 Å². The van der Waals surface area contributed by atoms with Crippen molar-refractivity contribution in [1.29, 1.82) is 5.41 Å². The van der Waals surface area contributed by atoms with Gasteiger partial charge in [-0.2, -0.15) is 0 Å². The van der Waals surface area contributed by atoms with Crippen molar-refractivity contribution in [2.24, 2.45) is 5.73 Å². The monoisotopic (exact) mass is 514 g/mol. The zero-order valence-electron chi connectivity index (χ0n) is 24.6. The molecule has 0 saturated carbocycles. The molecule has 1 saturated heterocycles. The minimum Gasteiger partial charge on any atom is -0.478 e. The molecule has 2 heterocycles. The first-order chi connectivity index (χ1) is 17.9. The molecule has 2 aliphatic rings. The first-order valence-corrected chi connectivity index (χ1v) is 14.3. The van der Waals surface area contributed by atoms with Crippen LogP contribution in [0.2, 0.25) is 0 Å². The molecular weight excluding hydrogens is 460 g/mol. The quantitative estimate of drug-likeness (QED) is 0.369. The Bertz CT molecular complexity index is 818. The van der Waals surface area contributed by atoms with Crippen molar-refractivity contribution in [1.82, 2.24) is 20.0 Å². The average molecular weight is 515 g/mol. The molecule has 7 nitrogen and oxygen atoms in total. The van der Waals surface area contributed by atoms with E-state index in [-0.39, 0.29) is 6.17 Å². The summed E-state index contributed by atoms with van der Waals surface area (Å²) < 4.78 is 6.03. The van der Waals surface area contributed by atoms with Crippen molar-refractivity contribution in [3.63, 3.8) is 0 Å². The third kappa shape index (κ3) is 12.2. The number of likely N-dealkylation sites (N-methyl/N-ethyl adjacent to an activating group) is 1. The van der Waals surface area contributed by atoms with Crippen molar-refractivity contribution in [3.05, 3.63) is 59.1 Å². The number of hydrogen-bond donors (Lipinski definition) is 3. The van der Waals surface area contributed by atoms with E-state index in [9.17, 15) is 0 Å². The number of benzene rings is 1. The number of dihydropyridines is 1. The lowest BCUT2D eigenvalue weighted by Gasteiger charge is -2.39. The highest BCUT2D eigenvalue weighted by atomic mass is 16.5. The van der Waals surface area contributed by atoms with Crippen LogP contribution in [0.3, 0.4) is 0 Å². The molecule has 0 aliphatic carbocycles. The minimum atomic E-state index is -0.186.